The zero-order valence-electron chi connectivity index (χ0n) is 10.5. The maximum Gasteiger partial charge on any atom is 0.307 e. The van der Waals surface area contributed by atoms with E-state index in [1.54, 1.807) is 0 Å². The lowest BCUT2D eigenvalue weighted by Crippen LogP contribution is -2.36. The Hall–Kier alpha value is -0.570. The zero-order valence-corrected chi connectivity index (χ0v) is 10.5. The minimum atomic E-state index is -0.0970. The molecule has 0 rings (SSSR count). The van der Waals surface area contributed by atoms with Crippen LogP contribution in [0, 0.1) is 5.92 Å². The van der Waals surface area contributed by atoms with Gasteiger partial charge in [0.15, 0.2) is 0 Å². The molecule has 0 aliphatic carbocycles. The monoisotopic (exact) mass is 215 g/mol. The summed E-state index contributed by atoms with van der Waals surface area (Å²) >= 11 is 0. The normalized spacial score (nSPS) is 12.9. The van der Waals surface area contributed by atoms with Gasteiger partial charge in [-0.15, -0.1) is 0 Å². The number of unbranched alkanes of at least 4 members (excludes halogenated alkanes) is 1. The van der Waals surface area contributed by atoms with Crippen LogP contribution in [0.2, 0.25) is 0 Å². The molecule has 0 fully saturated rings. The van der Waals surface area contributed by atoms with Gasteiger partial charge in [0.25, 0.3) is 0 Å². The third kappa shape index (κ3) is 7.37. The maximum atomic E-state index is 11.3. The highest BCUT2D eigenvalue weighted by atomic mass is 16.5. The highest BCUT2D eigenvalue weighted by Crippen LogP contribution is 2.07. The van der Waals surface area contributed by atoms with E-state index in [1.807, 2.05) is 6.92 Å². The van der Waals surface area contributed by atoms with Crippen molar-refractivity contribution in [3.63, 3.8) is 0 Å². The predicted octanol–water partition coefficient (Wildman–Crippen LogP) is 2.35. The molecule has 15 heavy (non-hydrogen) atoms. The van der Waals surface area contributed by atoms with Crippen molar-refractivity contribution in [2.45, 2.75) is 53.0 Å². The number of carbonyl (C=O) groups is 1. The maximum absolute atomic E-state index is 11.3. The van der Waals surface area contributed by atoms with E-state index in [4.69, 9.17) is 4.74 Å². The molecule has 0 bridgehead atoms. The summed E-state index contributed by atoms with van der Waals surface area (Å²) in [5.41, 5.74) is 0. The molecule has 1 unspecified atom stereocenters. The van der Waals surface area contributed by atoms with Gasteiger partial charge in [-0.05, 0) is 25.8 Å². The van der Waals surface area contributed by atoms with E-state index < -0.39 is 0 Å². The average Bonchev–Trinajstić information content (AvgIpc) is 2.16. The molecule has 0 radical (unpaired) electrons. The van der Waals surface area contributed by atoms with E-state index in [1.165, 1.54) is 6.42 Å². The Kier molecular flexibility index (Phi) is 8.38. The fraction of sp³-hybridized carbons (Fsp3) is 0.917. The van der Waals surface area contributed by atoms with Crippen molar-refractivity contribution < 1.29 is 9.53 Å². The van der Waals surface area contributed by atoms with E-state index in [-0.39, 0.29) is 12.0 Å². The summed E-state index contributed by atoms with van der Waals surface area (Å²) in [6.45, 7) is 9.72. The van der Waals surface area contributed by atoms with Gasteiger partial charge in [-0.25, -0.2) is 0 Å². The van der Waals surface area contributed by atoms with Crippen LogP contribution in [0.25, 0.3) is 0 Å². The highest BCUT2D eigenvalue weighted by molar-refractivity contribution is 5.70. The number of nitrogens with one attached hydrogen (secondary N) is 1. The van der Waals surface area contributed by atoms with Crippen LogP contribution in [-0.2, 0) is 9.53 Å². The number of rotatable bonds is 8. The third-order valence-corrected chi connectivity index (χ3v) is 2.43. The first-order valence-corrected chi connectivity index (χ1v) is 6.00. The second kappa shape index (κ2) is 8.72. The van der Waals surface area contributed by atoms with Crippen LogP contribution in [0.4, 0.5) is 0 Å². The van der Waals surface area contributed by atoms with E-state index in [2.05, 4.69) is 26.1 Å². The summed E-state index contributed by atoms with van der Waals surface area (Å²) in [4.78, 5) is 11.3. The van der Waals surface area contributed by atoms with Crippen molar-refractivity contribution >= 4 is 5.97 Å². The lowest BCUT2D eigenvalue weighted by atomic mass is 10.0. The number of ether oxygens (including phenoxy) is 1. The van der Waals surface area contributed by atoms with Crippen LogP contribution in [0.5, 0.6) is 0 Å². The number of hydrogen-bond donors (Lipinski definition) is 1. The second-order valence-electron chi connectivity index (χ2n) is 4.17. The van der Waals surface area contributed by atoms with Gasteiger partial charge in [0.1, 0.15) is 0 Å². The van der Waals surface area contributed by atoms with Crippen molar-refractivity contribution in [3.05, 3.63) is 0 Å². The van der Waals surface area contributed by atoms with E-state index >= 15 is 0 Å². The van der Waals surface area contributed by atoms with Crippen molar-refractivity contribution in [1.82, 2.24) is 5.32 Å². The molecule has 0 amide bonds. The van der Waals surface area contributed by atoms with Gasteiger partial charge in [0, 0.05) is 6.04 Å². The molecule has 3 heteroatoms. The fourth-order valence-corrected chi connectivity index (χ4v) is 1.41. The minimum Gasteiger partial charge on any atom is -0.466 e. The van der Waals surface area contributed by atoms with Gasteiger partial charge in [-0.1, -0.05) is 27.2 Å². The van der Waals surface area contributed by atoms with Crippen molar-refractivity contribution in [1.29, 1.82) is 0 Å². The quantitative estimate of drug-likeness (QED) is 0.499. The summed E-state index contributed by atoms with van der Waals surface area (Å²) < 4.78 is 4.95. The van der Waals surface area contributed by atoms with Gasteiger partial charge < -0.3 is 10.1 Å². The second-order valence-corrected chi connectivity index (χ2v) is 4.17. The first kappa shape index (κ1) is 14.4. The Bertz CT molecular complexity index is 169. The largest absolute Gasteiger partial charge is 0.466 e. The van der Waals surface area contributed by atoms with Gasteiger partial charge in [0.05, 0.1) is 13.0 Å². The van der Waals surface area contributed by atoms with Crippen molar-refractivity contribution in [2.24, 2.45) is 5.92 Å². The Labute approximate surface area is 93.6 Å². The SMILES string of the molecule is CCCCNC(CC(=O)OCC)C(C)C. The highest BCUT2D eigenvalue weighted by Gasteiger charge is 2.17. The number of carbonyl (C=O) groups excluding carboxylic acids is 1. The first-order valence-electron chi connectivity index (χ1n) is 6.00. The number of esters is 1. The molecule has 0 aromatic heterocycles. The topological polar surface area (TPSA) is 38.3 Å². The van der Waals surface area contributed by atoms with E-state index in [9.17, 15) is 4.79 Å². The minimum absolute atomic E-state index is 0.0970. The van der Waals surface area contributed by atoms with Gasteiger partial charge in [-0.3, -0.25) is 4.79 Å². The van der Waals surface area contributed by atoms with Crippen LogP contribution in [0.15, 0.2) is 0 Å². The molecule has 3 nitrogen and oxygen atoms in total. The zero-order chi connectivity index (χ0) is 11.7. The van der Waals surface area contributed by atoms with Gasteiger partial charge in [-0.2, -0.15) is 0 Å². The summed E-state index contributed by atoms with van der Waals surface area (Å²) in [5.74, 6) is 0.367. The van der Waals surface area contributed by atoms with E-state index in [0.29, 0.717) is 18.9 Å². The molecule has 0 aromatic rings. The summed E-state index contributed by atoms with van der Waals surface area (Å²) in [6, 6.07) is 0.246. The molecular formula is C12H25NO2. The van der Waals surface area contributed by atoms with Crippen molar-refractivity contribution in [3.8, 4) is 0 Å². The summed E-state index contributed by atoms with van der Waals surface area (Å²) in [6.07, 6.45) is 2.82. The molecule has 0 aliphatic rings. The Balaban J connectivity index is 3.87. The third-order valence-electron chi connectivity index (χ3n) is 2.43. The average molecular weight is 215 g/mol. The number of hydrogen-bond acceptors (Lipinski definition) is 3. The predicted molar refractivity (Wildman–Crippen MR) is 62.8 cm³/mol. The molecule has 0 heterocycles. The van der Waals surface area contributed by atoms with Crippen LogP contribution in [0.3, 0.4) is 0 Å². The standard InChI is InChI=1S/C12H25NO2/c1-5-7-8-13-11(10(3)4)9-12(14)15-6-2/h10-11,13H,5-9H2,1-4H3. The Morgan fingerprint density at radius 3 is 2.47 bits per heavy atom. The molecule has 0 saturated heterocycles. The Morgan fingerprint density at radius 1 is 1.33 bits per heavy atom. The fourth-order valence-electron chi connectivity index (χ4n) is 1.41. The van der Waals surface area contributed by atoms with Crippen LogP contribution in [0.1, 0.15) is 47.0 Å². The molecule has 0 aliphatic heterocycles. The van der Waals surface area contributed by atoms with Crippen molar-refractivity contribution in [2.75, 3.05) is 13.2 Å². The van der Waals surface area contributed by atoms with Gasteiger partial charge >= 0.3 is 5.97 Å². The molecule has 0 spiro atoms. The summed E-state index contributed by atoms with van der Waals surface area (Å²) in [7, 11) is 0. The van der Waals surface area contributed by atoms with Crippen LogP contribution < -0.4 is 5.32 Å². The lowest BCUT2D eigenvalue weighted by Gasteiger charge is -2.21. The smallest absolute Gasteiger partial charge is 0.307 e. The molecule has 90 valence electrons. The lowest BCUT2D eigenvalue weighted by molar-refractivity contribution is -0.144. The molecule has 1 N–H and O–H groups in total. The van der Waals surface area contributed by atoms with Crippen LogP contribution in [-0.4, -0.2) is 25.2 Å². The molecular weight excluding hydrogens is 190 g/mol. The first-order chi connectivity index (χ1) is 7.11. The summed E-state index contributed by atoms with van der Waals surface area (Å²) in [5, 5.41) is 3.41. The van der Waals surface area contributed by atoms with E-state index in [0.717, 1.165) is 13.0 Å². The molecule has 0 aromatic carbocycles. The molecule has 1 atom stereocenters. The van der Waals surface area contributed by atoms with Crippen LogP contribution >= 0.6 is 0 Å². The molecule has 0 saturated carbocycles. The van der Waals surface area contributed by atoms with Gasteiger partial charge in [0.2, 0.25) is 0 Å². The Morgan fingerprint density at radius 2 is 2.00 bits per heavy atom.